The SMILES string of the molecule is Cc1cc(Oc2ccc(Cl)c(CNC(C)C)n2)ccc1F. The Balaban J connectivity index is 2.16. The predicted octanol–water partition coefficient (Wildman–Crippen LogP) is 4.47. The number of nitrogens with one attached hydrogen (secondary N) is 1. The van der Waals surface area contributed by atoms with Gasteiger partial charge < -0.3 is 10.1 Å². The molecule has 0 saturated carbocycles. The second-order valence-corrected chi connectivity index (χ2v) is 5.53. The maximum absolute atomic E-state index is 13.2. The third kappa shape index (κ3) is 4.41. The molecule has 0 saturated heterocycles. The van der Waals surface area contributed by atoms with Crippen LogP contribution in [0.25, 0.3) is 0 Å². The molecule has 5 heteroatoms. The van der Waals surface area contributed by atoms with Crippen LogP contribution in [0.5, 0.6) is 11.6 Å². The Morgan fingerprint density at radius 3 is 2.71 bits per heavy atom. The van der Waals surface area contributed by atoms with Gasteiger partial charge in [0.1, 0.15) is 11.6 Å². The summed E-state index contributed by atoms with van der Waals surface area (Å²) in [5, 5.41) is 3.85. The maximum atomic E-state index is 13.2. The van der Waals surface area contributed by atoms with Crippen LogP contribution in [0.1, 0.15) is 25.1 Å². The fourth-order valence-electron chi connectivity index (χ4n) is 1.75. The summed E-state index contributed by atoms with van der Waals surface area (Å²) in [6, 6.07) is 8.37. The highest BCUT2D eigenvalue weighted by Gasteiger charge is 2.07. The van der Waals surface area contributed by atoms with Gasteiger partial charge in [0.2, 0.25) is 5.88 Å². The Bertz CT molecular complexity index is 632. The standard InChI is InChI=1S/C16H18ClFN2O/c1-10(2)19-9-15-13(17)5-7-16(20-15)21-12-4-6-14(18)11(3)8-12/h4-8,10,19H,9H2,1-3H3. The van der Waals surface area contributed by atoms with Crippen LogP contribution in [-0.4, -0.2) is 11.0 Å². The van der Waals surface area contributed by atoms with E-state index in [1.807, 2.05) is 0 Å². The average Bonchev–Trinajstić information content (AvgIpc) is 2.43. The first-order chi connectivity index (χ1) is 9.95. The van der Waals surface area contributed by atoms with Crippen LogP contribution in [0.2, 0.25) is 5.02 Å². The molecule has 1 N–H and O–H groups in total. The summed E-state index contributed by atoms with van der Waals surface area (Å²) in [5.74, 6) is 0.727. The Morgan fingerprint density at radius 1 is 1.29 bits per heavy atom. The lowest BCUT2D eigenvalue weighted by molar-refractivity contribution is 0.456. The third-order valence-corrected chi connectivity index (χ3v) is 3.27. The molecule has 0 aliphatic heterocycles. The van der Waals surface area contributed by atoms with Gasteiger partial charge in [0.15, 0.2) is 0 Å². The number of rotatable bonds is 5. The van der Waals surface area contributed by atoms with Crippen LogP contribution in [0.3, 0.4) is 0 Å². The van der Waals surface area contributed by atoms with Crippen molar-refractivity contribution in [3.05, 3.63) is 52.4 Å². The van der Waals surface area contributed by atoms with Crippen molar-refractivity contribution in [1.29, 1.82) is 0 Å². The summed E-state index contributed by atoms with van der Waals surface area (Å²) in [6.07, 6.45) is 0. The molecule has 0 bridgehead atoms. The first-order valence-electron chi connectivity index (χ1n) is 6.78. The van der Waals surface area contributed by atoms with Crippen molar-refractivity contribution in [3.63, 3.8) is 0 Å². The lowest BCUT2D eigenvalue weighted by Gasteiger charge is -2.11. The van der Waals surface area contributed by atoms with Gasteiger partial charge in [0.25, 0.3) is 0 Å². The van der Waals surface area contributed by atoms with Gasteiger partial charge in [-0.1, -0.05) is 25.4 Å². The number of hydrogen-bond donors (Lipinski definition) is 1. The van der Waals surface area contributed by atoms with E-state index in [1.54, 1.807) is 31.2 Å². The Hall–Kier alpha value is -1.65. The lowest BCUT2D eigenvalue weighted by Crippen LogP contribution is -2.22. The van der Waals surface area contributed by atoms with Crippen molar-refractivity contribution < 1.29 is 9.13 Å². The zero-order valence-corrected chi connectivity index (χ0v) is 13.0. The van der Waals surface area contributed by atoms with Gasteiger partial charge in [-0.2, -0.15) is 0 Å². The van der Waals surface area contributed by atoms with Crippen LogP contribution in [0.4, 0.5) is 4.39 Å². The summed E-state index contributed by atoms with van der Waals surface area (Å²) in [7, 11) is 0. The molecule has 0 spiro atoms. The minimum atomic E-state index is -0.256. The summed E-state index contributed by atoms with van der Waals surface area (Å²) >= 11 is 6.12. The molecule has 0 radical (unpaired) electrons. The van der Waals surface area contributed by atoms with Gasteiger partial charge in [0.05, 0.1) is 10.7 Å². The number of benzene rings is 1. The Morgan fingerprint density at radius 2 is 2.05 bits per heavy atom. The molecule has 0 amide bonds. The van der Waals surface area contributed by atoms with Crippen molar-refractivity contribution in [1.82, 2.24) is 10.3 Å². The minimum absolute atomic E-state index is 0.256. The van der Waals surface area contributed by atoms with E-state index in [2.05, 4.69) is 24.1 Å². The van der Waals surface area contributed by atoms with Crippen molar-refractivity contribution in [2.45, 2.75) is 33.4 Å². The van der Waals surface area contributed by atoms with E-state index in [1.165, 1.54) is 6.07 Å². The molecule has 0 aliphatic carbocycles. The molecule has 0 fully saturated rings. The van der Waals surface area contributed by atoms with Gasteiger partial charge in [-0.15, -0.1) is 0 Å². The van der Waals surface area contributed by atoms with Crippen molar-refractivity contribution in [2.24, 2.45) is 0 Å². The summed E-state index contributed by atoms with van der Waals surface area (Å²) in [5.41, 5.74) is 1.25. The summed E-state index contributed by atoms with van der Waals surface area (Å²) in [6.45, 7) is 6.36. The van der Waals surface area contributed by atoms with E-state index in [4.69, 9.17) is 16.3 Å². The van der Waals surface area contributed by atoms with E-state index in [0.717, 1.165) is 5.69 Å². The van der Waals surface area contributed by atoms with E-state index >= 15 is 0 Å². The normalized spacial score (nSPS) is 11.0. The van der Waals surface area contributed by atoms with Crippen LogP contribution < -0.4 is 10.1 Å². The Kier molecular flexibility index (Phi) is 5.15. The number of pyridine rings is 1. The molecule has 2 rings (SSSR count). The van der Waals surface area contributed by atoms with Crippen LogP contribution in [-0.2, 0) is 6.54 Å². The highest BCUT2D eigenvalue weighted by atomic mass is 35.5. The molecule has 1 aromatic heterocycles. The second-order valence-electron chi connectivity index (χ2n) is 5.13. The van der Waals surface area contributed by atoms with Gasteiger partial charge in [0, 0.05) is 18.7 Å². The van der Waals surface area contributed by atoms with Crippen molar-refractivity contribution in [3.8, 4) is 11.6 Å². The van der Waals surface area contributed by atoms with Gasteiger partial charge >= 0.3 is 0 Å². The number of hydrogen-bond acceptors (Lipinski definition) is 3. The van der Waals surface area contributed by atoms with Gasteiger partial charge in [-0.3, -0.25) is 0 Å². The van der Waals surface area contributed by atoms with Crippen molar-refractivity contribution >= 4 is 11.6 Å². The van der Waals surface area contributed by atoms with E-state index in [0.29, 0.717) is 34.8 Å². The lowest BCUT2D eigenvalue weighted by atomic mass is 10.2. The number of aromatic nitrogens is 1. The molecule has 3 nitrogen and oxygen atoms in total. The first-order valence-corrected chi connectivity index (χ1v) is 7.16. The molecule has 0 aliphatic rings. The smallest absolute Gasteiger partial charge is 0.219 e. The van der Waals surface area contributed by atoms with Gasteiger partial charge in [-0.05, 0) is 36.8 Å². The zero-order valence-electron chi connectivity index (χ0n) is 12.3. The average molecular weight is 309 g/mol. The van der Waals surface area contributed by atoms with Gasteiger partial charge in [-0.25, -0.2) is 9.37 Å². The predicted molar refractivity (Wildman–Crippen MR) is 82.4 cm³/mol. The molecule has 2 aromatic rings. The molecule has 112 valence electrons. The van der Waals surface area contributed by atoms with Crippen LogP contribution in [0.15, 0.2) is 30.3 Å². The largest absolute Gasteiger partial charge is 0.439 e. The maximum Gasteiger partial charge on any atom is 0.219 e. The molecule has 1 heterocycles. The fraction of sp³-hybridized carbons (Fsp3) is 0.312. The Labute approximate surface area is 129 Å². The molecule has 21 heavy (non-hydrogen) atoms. The number of aryl methyl sites for hydroxylation is 1. The topological polar surface area (TPSA) is 34.1 Å². The number of halogens is 2. The highest BCUT2D eigenvalue weighted by molar-refractivity contribution is 6.31. The molecule has 0 unspecified atom stereocenters. The highest BCUT2D eigenvalue weighted by Crippen LogP contribution is 2.24. The quantitative estimate of drug-likeness (QED) is 0.884. The summed E-state index contributed by atoms with van der Waals surface area (Å²) in [4.78, 5) is 4.38. The molecular weight excluding hydrogens is 291 g/mol. The molecular formula is C16H18ClFN2O. The van der Waals surface area contributed by atoms with Crippen LogP contribution in [0, 0.1) is 12.7 Å². The number of nitrogens with zero attached hydrogens (tertiary/aromatic N) is 1. The third-order valence-electron chi connectivity index (χ3n) is 2.92. The van der Waals surface area contributed by atoms with Crippen molar-refractivity contribution in [2.75, 3.05) is 0 Å². The second kappa shape index (κ2) is 6.87. The first kappa shape index (κ1) is 15.7. The molecule has 1 aromatic carbocycles. The van der Waals surface area contributed by atoms with Crippen LogP contribution >= 0.6 is 11.6 Å². The van der Waals surface area contributed by atoms with E-state index in [-0.39, 0.29) is 5.82 Å². The molecule has 0 atom stereocenters. The minimum Gasteiger partial charge on any atom is -0.439 e. The zero-order chi connectivity index (χ0) is 15.4. The monoisotopic (exact) mass is 308 g/mol. The van der Waals surface area contributed by atoms with E-state index in [9.17, 15) is 4.39 Å². The number of ether oxygens (including phenoxy) is 1. The van der Waals surface area contributed by atoms with E-state index < -0.39 is 0 Å². The summed E-state index contributed by atoms with van der Waals surface area (Å²) < 4.78 is 18.9. The fourth-order valence-corrected chi connectivity index (χ4v) is 1.92.